The molecule has 3 unspecified atom stereocenters. The lowest BCUT2D eigenvalue weighted by atomic mass is 9.75. The van der Waals surface area contributed by atoms with Crippen LogP contribution in [0.2, 0.25) is 6.04 Å². The Labute approximate surface area is 107 Å². The second-order valence-corrected chi connectivity index (χ2v) is 8.56. The standard InChI is InChI=1S/C13H28O3Si/c1-11-6-7-13(10-12(11)2)8-9-17(14-3,15-4)16-5/h11-13H,6-10H2,1-5H3. The number of rotatable bonds is 6. The summed E-state index contributed by atoms with van der Waals surface area (Å²) in [5, 5.41) is 0. The summed E-state index contributed by atoms with van der Waals surface area (Å²) in [6, 6.07) is 0.947. The molecule has 1 aliphatic carbocycles. The maximum atomic E-state index is 5.47. The Morgan fingerprint density at radius 3 is 2.00 bits per heavy atom. The van der Waals surface area contributed by atoms with E-state index in [2.05, 4.69) is 13.8 Å². The fraction of sp³-hybridized carbons (Fsp3) is 1.00. The minimum atomic E-state index is -2.34. The van der Waals surface area contributed by atoms with Crippen molar-refractivity contribution in [2.75, 3.05) is 21.3 Å². The third-order valence-corrected chi connectivity index (χ3v) is 7.27. The first-order valence-electron chi connectivity index (χ1n) is 6.72. The van der Waals surface area contributed by atoms with E-state index in [9.17, 15) is 0 Å². The van der Waals surface area contributed by atoms with E-state index in [4.69, 9.17) is 13.3 Å². The molecule has 0 aromatic carbocycles. The fourth-order valence-electron chi connectivity index (χ4n) is 2.86. The predicted octanol–water partition coefficient (Wildman–Crippen LogP) is 3.33. The van der Waals surface area contributed by atoms with Gasteiger partial charge in [0.15, 0.2) is 0 Å². The van der Waals surface area contributed by atoms with Crippen molar-refractivity contribution in [2.24, 2.45) is 17.8 Å². The van der Waals surface area contributed by atoms with Gasteiger partial charge in [-0.15, -0.1) is 0 Å². The molecule has 3 atom stereocenters. The quantitative estimate of drug-likeness (QED) is 0.686. The minimum Gasteiger partial charge on any atom is -0.377 e. The van der Waals surface area contributed by atoms with Crippen LogP contribution in [-0.4, -0.2) is 30.1 Å². The van der Waals surface area contributed by atoms with E-state index in [0.717, 1.165) is 23.8 Å². The molecule has 0 spiro atoms. The van der Waals surface area contributed by atoms with E-state index in [-0.39, 0.29) is 0 Å². The van der Waals surface area contributed by atoms with Crippen LogP contribution in [0.3, 0.4) is 0 Å². The topological polar surface area (TPSA) is 27.7 Å². The second kappa shape index (κ2) is 6.88. The first-order chi connectivity index (χ1) is 8.06. The van der Waals surface area contributed by atoms with Crippen molar-refractivity contribution >= 4 is 8.80 Å². The summed E-state index contributed by atoms with van der Waals surface area (Å²) in [7, 11) is 2.76. The van der Waals surface area contributed by atoms with Gasteiger partial charge in [0.1, 0.15) is 0 Å². The first-order valence-corrected chi connectivity index (χ1v) is 8.65. The molecule has 4 heteroatoms. The van der Waals surface area contributed by atoms with Gasteiger partial charge in [-0.2, -0.15) is 0 Å². The van der Waals surface area contributed by atoms with Crippen LogP contribution in [0.4, 0.5) is 0 Å². The van der Waals surface area contributed by atoms with Gasteiger partial charge in [-0.3, -0.25) is 0 Å². The summed E-state index contributed by atoms with van der Waals surface area (Å²) in [5.41, 5.74) is 0. The Kier molecular flexibility index (Phi) is 6.13. The molecule has 102 valence electrons. The summed E-state index contributed by atoms with van der Waals surface area (Å²) in [4.78, 5) is 0. The third-order valence-electron chi connectivity index (χ3n) is 4.50. The highest BCUT2D eigenvalue weighted by molar-refractivity contribution is 6.60. The molecule has 0 bridgehead atoms. The monoisotopic (exact) mass is 260 g/mol. The normalized spacial score (nSPS) is 30.5. The van der Waals surface area contributed by atoms with Gasteiger partial charge in [0.05, 0.1) is 0 Å². The largest absolute Gasteiger partial charge is 0.500 e. The van der Waals surface area contributed by atoms with Crippen molar-refractivity contribution in [1.29, 1.82) is 0 Å². The van der Waals surface area contributed by atoms with Gasteiger partial charge >= 0.3 is 8.80 Å². The van der Waals surface area contributed by atoms with Crippen LogP contribution < -0.4 is 0 Å². The van der Waals surface area contributed by atoms with E-state index in [0.29, 0.717) is 0 Å². The van der Waals surface area contributed by atoms with Crippen LogP contribution in [-0.2, 0) is 13.3 Å². The average molecular weight is 260 g/mol. The Hall–Kier alpha value is 0.0969. The Balaban J connectivity index is 2.39. The molecule has 0 radical (unpaired) electrons. The predicted molar refractivity (Wildman–Crippen MR) is 71.9 cm³/mol. The van der Waals surface area contributed by atoms with Gasteiger partial charge in [-0.05, 0) is 30.6 Å². The lowest BCUT2D eigenvalue weighted by Gasteiger charge is -2.33. The molecular weight excluding hydrogens is 232 g/mol. The summed E-state index contributed by atoms with van der Waals surface area (Å²) in [6.45, 7) is 4.75. The molecule has 3 nitrogen and oxygen atoms in total. The van der Waals surface area contributed by atoms with Crippen molar-refractivity contribution in [1.82, 2.24) is 0 Å². The zero-order valence-electron chi connectivity index (χ0n) is 12.0. The summed E-state index contributed by atoms with van der Waals surface area (Å²) in [5.74, 6) is 2.58. The average Bonchev–Trinajstić information content (AvgIpc) is 2.36. The third kappa shape index (κ3) is 4.05. The minimum absolute atomic E-state index is 0.827. The van der Waals surface area contributed by atoms with Gasteiger partial charge in [-0.25, -0.2) is 0 Å². The van der Waals surface area contributed by atoms with Gasteiger partial charge in [-0.1, -0.05) is 26.7 Å². The van der Waals surface area contributed by atoms with Gasteiger partial charge in [0.25, 0.3) is 0 Å². The molecule has 0 N–H and O–H groups in total. The smallest absolute Gasteiger partial charge is 0.377 e. The molecule has 1 aliphatic rings. The molecule has 17 heavy (non-hydrogen) atoms. The number of hydrogen-bond donors (Lipinski definition) is 0. The van der Waals surface area contributed by atoms with Crippen molar-refractivity contribution in [3.63, 3.8) is 0 Å². The second-order valence-electron chi connectivity index (χ2n) is 5.47. The molecule has 0 amide bonds. The molecule has 1 rings (SSSR count). The lowest BCUT2D eigenvalue weighted by molar-refractivity contribution is 0.117. The Bertz CT molecular complexity index is 210. The maximum absolute atomic E-state index is 5.47. The van der Waals surface area contributed by atoms with Crippen LogP contribution in [0.5, 0.6) is 0 Å². The molecule has 0 aromatic heterocycles. The van der Waals surface area contributed by atoms with Crippen molar-refractivity contribution in [2.45, 2.75) is 45.6 Å². The Morgan fingerprint density at radius 1 is 0.941 bits per heavy atom. The highest BCUT2D eigenvalue weighted by atomic mass is 28.4. The van der Waals surface area contributed by atoms with Gasteiger partial charge in [0.2, 0.25) is 0 Å². The summed E-state index contributed by atoms with van der Waals surface area (Å²) in [6.07, 6.45) is 5.25. The highest BCUT2D eigenvalue weighted by Crippen LogP contribution is 2.36. The molecule has 1 fully saturated rings. The van der Waals surface area contributed by atoms with E-state index in [1.807, 2.05) is 0 Å². The fourth-order valence-corrected chi connectivity index (χ4v) is 4.73. The van der Waals surface area contributed by atoms with E-state index in [1.54, 1.807) is 21.3 Å². The number of hydrogen-bond acceptors (Lipinski definition) is 3. The van der Waals surface area contributed by atoms with Crippen LogP contribution in [0.25, 0.3) is 0 Å². The van der Waals surface area contributed by atoms with Crippen molar-refractivity contribution in [3.8, 4) is 0 Å². The van der Waals surface area contributed by atoms with Crippen molar-refractivity contribution < 1.29 is 13.3 Å². The van der Waals surface area contributed by atoms with Gasteiger partial charge < -0.3 is 13.3 Å². The van der Waals surface area contributed by atoms with E-state index < -0.39 is 8.80 Å². The van der Waals surface area contributed by atoms with Crippen LogP contribution >= 0.6 is 0 Å². The zero-order valence-corrected chi connectivity index (χ0v) is 13.0. The highest BCUT2D eigenvalue weighted by Gasteiger charge is 2.38. The lowest BCUT2D eigenvalue weighted by Crippen LogP contribution is -2.43. The zero-order chi connectivity index (χ0) is 12.9. The van der Waals surface area contributed by atoms with E-state index in [1.165, 1.54) is 25.7 Å². The molecular formula is C13H28O3Si. The molecule has 0 aliphatic heterocycles. The van der Waals surface area contributed by atoms with Crippen molar-refractivity contribution in [3.05, 3.63) is 0 Å². The molecule has 0 aromatic rings. The van der Waals surface area contributed by atoms with Crippen LogP contribution in [0.15, 0.2) is 0 Å². The van der Waals surface area contributed by atoms with Crippen LogP contribution in [0, 0.1) is 17.8 Å². The maximum Gasteiger partial charge on any atom is 0.500 e. The molecule has 1 saturated carbocycles. The SMILES string of the molecule is CO[Si](CCC1CCC(C)C(C)C1)(OC)OC. The Morgan fingerprint density at radius 2 is 1.53 bits per heavy atom. The first kappa shape index (κ1) is 15.2. The van der Waals surface area contributed by atoms with E-state index >= 15 is 0 Å². The van der Waals surface area contributed by atoms with Crippen LogP contribution in [0.1, 0.15) is 39.5 Å². The molecule has 0 heterocycles. The summed E-state index contributed by atoms with van der Waals surface area (Å²) < 4.78 is 16.4. The molecule has 0 saturated heterocycles. The summed E-state index contributed by atoms with van der Waals surface area (Å²) >= 11 is 0. The van der Waals surface area contributed by atoms with Gasteiger partial charge in [0, 0.05) is 27.4 Å².